The Morgan fingerprint density at radius 2 is 1.95 bits per heavy atom. The van der Waals surface area contributed by atoms with Gasteiger partial charge in [0.2, 0.25) is 5.91 Å². The van der Waals surface area contributed by atoms with Crippen LogP contribution in [0.15, 0.2) is 39.2 Å². The highest BCUT2D eigenvalue weighted by Crippen LogP contribution is 2.33. The van der Waals surface area contributed by atoms with Gasteiger partial charge in [-0.25, -0.2) is 8.42 Å². The first-order valence-electron chi connectivity index (χ1n) is 6.13. The molecule has 20 heavy (non-hydrogen) atoms. The zero-order valence-corrected chi connectivity index (χ0v) is 13.4. The summed E-state index contributed by atoms with van der Waals surface area (Å²) in [6, 6.07) is 6.92. The van der Waals surface area contributed by atoms with Gasteiger partial charge in [0.25, 0.3) is 0 Å². The summed E-state index contributed by atoms with van der Waals surface area (Å²) in [5.41, 5.74) is 0. The highest BCUT2D eigenvalue weighted by molar-refractivity contribution is 7.93. The molecule has 0 spiro atoms. The van der Waals surface area contributed by atoms with Crippen LogP contribution < -0.4 is 5.32 Å². The summed E-state index contributed by atoms with van der Waals surface area (Å²) < 4.78 is 25.7. The first-order chi connectivity index (χ1) is 9.55. The number of carbonyl (C=O) groups is 1. The van der Waals surface area contributed by atoms with Crippen LogP contribution in [0.4, 0.5) is 0 Å². The molecule has 2 heterocycles. The summed E-state index contributed by atoms with van der Waals surface area (Å²) in [5, 5.41) is 5.54. The van der Waals surface area contributed by atoms with Gasteiger partial charge in [0, 0.05) is 17.8 Å². The van der Waals surface area contributed by atoms with E-state index in [0.29, 0.717) is 10.6 Å². The van der Waals surface area contributed by atoms with E-state index in [0.717, 1.165) is 4.88 Å². The van der Waals surface area contributed by atoms with Crippen molar-refractivity contribution in [2.24, 2.45) is 0 Å². The monoisotopic (exact) mass is 329 g/mol. The van der Waals surface area contributed by atoms with Crippen LogP contribution in [0, 0.1) is 0 Å². The molecule has 2 rings (SSSR count). The smallest absolute Gasteiger partial charge is 0.219 e. The molecule has 108 valence electrons. The summed E-state index contributed by atoms with van der Waals surface area (Å²) in [6.45, 7) is 1.84. The summed E-state index contributed by atoms with van der Waals surface area (Å²) in [6.07, 6.45) is 0.343. The van der Waals surface area contributed by atoms with Crippen LogP contribution >= 0.6 is 22.7 Å². The molecule has 0 fully saturated rings. The molecule has 0 aromatic carbocycles. The fourth-order valence-electron chi connectivity index (χ4n) is 1.73. The molecule has 0 saturated heterocycles. The van der Waals surface area contributed by atoms with Crippen LogP contribution in [0.3, 0.4) is 0 Å². The largest absolute Gasteiger partial charge is 0.354 e. The van der Waals surface area contributed by atoms with Gasteiger partial charge >= 0.3 is 0 Å². The van der Waals surface area contributed by atoms with Crippen LogP contribution in [-0.2, 0) is 14.6 Å². The molecule has 1 atom stereocenters. The molecule has 0 radical (unpaired) electrons. The summed E-state index contributed by atoms with van der Waals surface area (Å²) >= 11 is 2.59. The van der Waals surface area contributed by atoms with Gasteiger partial charge in [0.05, 0.1) is 0 Å². The Hall–Kier alpha value is -1.18. The number of hydrogen-bond donors (Lipinski definition) is 1. The zero-order chi connectivity index (χ0) is 14.6. The predicted molar refractivity (Wildman–Crippen MR) is 81.9 cm³/mol. The number of amides is 1. The molecule has 4 nitrogen and oxygen atoms in total. The van der Waals surface area contributed by atoms with Crippen molar-refractivity contribution in [2.75, 3.05) is 6.54 Å². The molecule has 0 bridgehead atoms. The number of thiophene rings is 2. The van der Waals surface area contributed by atoms with E-state index >= 15 is 0 Å². The quantitative estimate of drug-likeness (QED) is 0.886. The van der Waals surface area contributed by atoms with Crippen LogP contribution in [0.1, 0.15) is 23.5 Å². The van der Waals surface area contributed by atoms with Crippen LogP contribution in [-0.4, -0.2) is 20.9 Å². The first-order valence-corrected chi connectivity index (χ1v) is 9.43. The maximum atomic E-state index is 12.7. The Balaban J connectivity index is 2.30. The van der Waals surface area contributed by atoms with Gasteiger partial charge in [-0.2, -0.15) is 0 Å². The van der Waals surface area contributed by atoms with Crippen molar-refractivity contribution in [3.8, 4) is 0 Å². The van der Waals surface area contributed by atoms with Crippen molar-refractivity contribution in [1.82, 2.24) is 5.32 Å². The van der Waals surface area contributed by atoms with E-state index in [1.165, 1.54) is 22.7 Å². The van der Waals surface area contributed by atoms with Gasteiger partial charge in [-0.15, -0.1) is 22.7 Å². The number of nitrogens with one attached hydrogen (secondary N) is 1. The van der Waals surface area contributed by atoms with E-state index < -0.39 is 15.1 Å². The zero-order valence-electron chi connectivity index (χ0n) is 10.9. The lowest BCUT2D eigenvalue weighted by Gasteiger charge is -2.16. The summed E-state index contributed by atoms with van der Waals surface area (Å²) in [7, 11) is -3.47. The first kappa shape index (κ1) is 15.2. The second kappa shape index (κ2) is 6.51. The van der Waals surface area contributed by atoms with Gasteiger partial charge in [-0.05, 0) is 22.9 Å². The fraction of sp³-hybridized carbons (Fsp3) is 0.308. The van der Waals surface area contributed by atoms with Gasteiger partial charge in [0.1, 0.15) is 9.46 Å². The average molecular weight is 329 g/mol. The lowest BCUT2D eigenvalue weighted by molar-refractivity contribution is -0.120. The molecule has 0 aliphatic rings. The van der Waals surface area contributed by atoms with Gasteiger partial charge in [-0.1, -0.05) is 19.1 Å². The van der Waals surface area contributed by atoms with Crippen molar-refractivity contribution in [3.63, 3.8) is 0 Å². The highest BCUT2D eigenvalue weighted by atomic mass is 32.2. The molecule has 7 heteroatoms. The van der Waals surface area contributed by atoms with Crippen molar-refractivity contribution in [2.45, 2.75) is 22.8 Å². The SMILES string of the molecule is CCC(=O)NC[C@H](c1cccs1)S(=O)(=O)c1cccs1. The van der Waals surface area contributed by atoms with Gasteiger partial charge < -0.3 is 5.32 Å². The molecule has 0 aliphatic carbocycles. The Morgan fingerprint density at radius 3 is 2.50 bits per heavy atom. The van der Waals surface area contributed by atoms with Crippen LogP contribution in [0.5, 0.6) is 0 Å². The Labute approximate surface area is 126 Å². The fourth-order valence-corrected chi connectivity index (χ4v) is 5.72. The highest BCUT2D eigenvalue weighted by Gasteiger charge is 2.31. The third kappa shape index (κ3) is 3.28. The molecular formula is C13H15NO3S3. The second-order valence-corrected chi connectivity index (χ2v) is 8.42. The van der Waals surface area contributed by atoms with Gasteiger partial charge in [0.15, 0.2) is 9.84 Å². The normalized spacial score (nSPS) is 13.1. The lowest BCUT2D eigenvalue weighted by atomic mass is 10.3. The van der Waals surface area contributed by atoms with E-state index in [1.807, 2.05) is 11.4 Å². The van der Waals surface area contributed by atoms with Crippen molar-refractivity contribution in [1.29, 1.82) is 0 Å². The van der Waals surface area contributed by atoms with E-state index in [9.17, 15) is 13.2 Å². The van der Waals surface area contributed by atoms with E-state index in [-0.39, 0.29) is 12.5 Å². The maximum Gasteiger partial charge on any atom is 0.219 e. The molecule has 0 aliphatic heterocycles. The molecule has 0 unspecified atom stereocenters. The molecule has 2 aromatic rings. The molecule has 0 saturated carbocycles. The minimum atomic E-state index is -3.47. The summed E-state index contributed by atoms with van der Waals surface area (Å²) in [4.78, 5) is 12.1. The van der Waals surface area contributed by atoms with Crippen molar-refractivity contribution < 1.29 is 13.2 Å². The Morgan fingerprint density at radius 1 is 1.25 bits per heavy atom. The topological polar surface area (TPSA) is 63.2 Å². The number of rotatable bonds is 6. The van der Waals surface area contributed by atoms with Crippen LogP contribution in [0.2, 0.25) is 0 Å². The predicted octanol–water partition coefficient (Wildman–Crippen LogP) is 2.85. The minimum absolute atomic E-state index is 0.105. The third-order valence-electron chi connectivity index (χ3n) is 2.82. The number of carbonyl (C=O) groups excluding carboxylic acids is 1. The molecule has 2 aromatic heterocycles. The lowest BCUT2D eigenvalue weighted by Crippen LogP contribution is -2.30. The summed E-state index contributed by atoms with van der Waals surface area (Å²) in [5.74, 6) is -0.145. The Bertz CT molecular complexity index is 645. The number of hydrogen-bond acceptors (Lipinski definition) is 5. The second-order valence-electron chi connectivity index (χ2n) is 4.14. The number of sulfone groups is 1. The Kier molecular flexibility index (Phi) is 4.95. The average Bonchev–Trinajstić information content (AvgIpc) is 3.11. The van der Waals surface area contributed by atoms with Crippen molar-refractivity contribution >= 4 is 38.4 Å². The van der Waals surface area contributed by atoms with Gasteiger partial charge in [-0.3, -0.25) is 4.79 Å². The maximum absolute atomic E-state index is 12.7. The van der Waals surface area contributed by atoms with E-state index in [1.54, 1.807) is 30.5 Å². The molecular weight excluding hydrogens is 314 g/mol. The molecule has 1 N–H and O–H groups in total. The van der Waals surface area contributed by atoms with E-state index in [4.69, 9.17) is 0 Å². The third-order valence-corrected chi connectivity index (χ3v) is 7.47. The standard InChI is InChI=1S/C13H15NO3S3/c1-2-12(15)14-9-11(10-5-3-7-18-10)20(16,17)13-6-4-8-19-13/h3-8,11H,2,9H2,1H3,(H,14,15)/t11-/m1/s1. The van der Waals surface area contributed by atoms with Crippen molar-refractivity contribution in [3.05, 3.63) is 39.9 Å². The molecule has 1 amide bonds. The van der Waals surface area contributed by atoms with E-state index in [2.05, 4.69) is 5.32 Å². The van der Waals surface area contributed by atoms with Crippen LogP contribution in [0.25, 0.3) is 0 Å². The minimum Gasteiger partial charge on any atom is -0.354 e.